The van der Waals surface area contributed by atoms with E-state index in [-0.39, 0.29) is 30.5 Å². The molecule has 0 unspecified atom stereocenters. The first kappa shape index (κ1) is 19.6. The summed E-state index contributed by atoms with van der Waals surface area (Å²) < 4.78 is 1.31. The number of nitro groups is 1. The van der Waals surface area contributed by atoms with Gasteiger partial charge >= 0.3 is 0 Å². The second-order valence-corrected chi connectivity index (χ2v) is 3.88. The van der Waals surface area contributed by atoms with Crippen LogP contribution in [0.25, 0.3) is 0 Å². The van der Waals surface area contributed by atoms with E-state index in [1.807, 2.05) is 6.92 Å². The van der Waals surface area contributed by atoms with Gasteiger partial charge in [0.15, 0.2) is 5.82 Å². The summed E-state index contributed by atoms with van der Waals surface area (Å²) in [6.45, 7) is 1.91. The molecular weight excluding hydrogens is 333 g/mol. The molecule has 0 aliphatic rings. The number of nitrogens with zero attached hydrogens (tertiary/aromatic N) is 5. The van der Waals surface area contributed by atoms with E-state index in [1.165, 1.54) is 23.0 Å². The maximum absolute atomic E-state index is 10.5. The van der Waals surface area contributed by atoms with Gasteiger partial charge in [-0.3, -0.25) is 10.1 Å². The van der Waals surface area contributed by atoms with E-state index in [4.69, 9.17) is 5.84 Å². The third-order valence-corrected chi connectivity index (χ3v) is 2.56. The lowest BCUT2D eigenvalue weighted by Gasteiger charge is -2.00. The Morgan fingerprint density at radius 3 is 2.50 bits per heavy atom. The van der Waals surface area contributed by atoms with Crippen LogP contribution in [-0.4, -0.2) is 26.0 Å². The molecule has 0 aliphatic carbocycles. The molecule has 9 nitrogen and oxygen atoms in total. The highest BCUT2D eigenvalue weighted by molar-refractivity contribution is 5.85. The van der Waals surface area contributed by atoms with Crippen molar-refractivity contribution < 1.29 is 4.92 Å². The van der Waals surface area contributed by atoms with Crippen molar-refractivity contribution in [3.63, 3.8) is 0 Å². The molecule has 2 aromatic rings. The van der Waals surface area contributed by atoms with Crippen molar-refractivity contribution in [2.24, 2.45) is 5.10 Å². The first-order valence-electron chi connectivity index (χ1n) is 5.84. The molecule has 1 aromatic carbocycles. The molecule has 1 aromatic heterocycles. The number of aryl methyl sites for hydroxylation is 1. The van der Waals surface area contributed by atoms with E-state index in [9.17, 15) is 10.1 Å². The fourth-order valence-electron chi connectivity index (χ4n) is 1.49. The molecule has 0 atom stereocenters. The van der Waals surface area contributed by atoms with E-state index < -0.39 is 4.92 Å². The molecule has 11 heteroatoms. The molecule has 0 saturated heterocycles. The number of hydrogen-bond donors (Lipinski definition) is 2. The summed E-state index contributed by atoms with van der Waals surface area (Å²) >= 11 is 0. The molecule has 1 heterocycles. The third-order valence-electron chi connectivity index (χ3n) is 2.56. The van der Waals surface area contributed by atoms with Crippen LogP contribution in [0.3, 0.4) is 0 Å². The molecule has 22 heavy (non-hydrogen) atoms. The Labute approximate surface area is 138 Å². The van der Waals surface area contributed by atoms with Crippen LogP contribution in [0.1, 0.15) is 18.3 Å². The number of benzene rings is 1. The van der Waals surface area contributed by atoms with Gasteiger partial charge in [0, 0.05) is 18.6 Å². The number of nitrogen functional groups attached to an aromatic ring is 1. The molecule has 0 fully saturated rings. The Bertz CT molecular complexity index is 642. The summed E-state index contributed by atoms with van der Waals surface area (Å²) in [5.74, 6) is 6.68. The fraction of sp³-hybridized carbons (Fsp3) is 0.182. The number of aromatic nitrogens is 3. The summed E-state index contributed by atoms with van der Waals surface area (Å²) in [6, 6.07) is 5.99. The molecule has 0 aliphatic heterocycles. The number of nitrogens with two attached hydrogens (primary N) is 1. The lowest BCUT2D eigenvalue weighted by atomic mass is 10.2. The average molecular weight is 348 g/mol. The lowest BCUT2D eigenvalue weighted by molar-refractivity contribution is -0.384. The summed E-state index contributed by atoms with van der Waals surface area (Å²) in [5, 5.41) is 22.2. The Morgan fingerprint density at radius 2 is 2.00 bits per heavy atom. The van der Waals surface area contributed by atoms with Gasteiger partial charge in [0.05, 0.1) is 11.1 Å². The van der Waals surface area contributed by atoms with Crippen LogP contribution >= 0.6 is 24.8 Å². The minimum absolute atomic E-state index is 0. The van der Waals surface area contributed by atoms with Crippen LogP contribution in [0.15, 0.2) is 29.4 Å². The van der Waals surface area contributed by atoms with Gasteiger partial charge in [-0.05, 0) is 17.7 Å². The Balaban J connectivity index is 0.00000220. The minimum Gasteiger partial charge on any atom is -0.335 e. The third kappa shape index (κ3) is 4.57. The Kier molecular flexibility index (Phi) is 7.84. The van der Waals surface area contributed by atoms with Crippen molar-refractivity contribution in [2.45, 2.75) is 13.3 Å². The molecule has 0 radical (unpaired) electrons. The van der Waals surface area contributed by atoms with Gasteiger partial charge in [0.2, 0.25) is 0 Å². The van der Waals surface area contributed by atoms with Crippen LogP contribution in [-0.2, 0) is 6.42 Å². The summed E-state index contributed by atoms with van der Waals surface area (Å²) in [6.07, 6.45) is 2.17. The van der Waals surface area contributed by atoms with Gasteiger partial charge in [-0.1, -0.05) is 6.92 Å². The number of nitro benzene ring substituents is 1. The molecule has 2 rings (SSSR count). The highest BCUT2D eigenvalue weighted by Crippen LogP contribution is 2.10. The van der Waals surface area contributed by atoms with E-state index in [1.54, 1.807) is 12.1 Å². The maximum atomic E-state index is 10.5. The predicted octanol–water partition coefficient (Wildman–Crippen LogP) is 1.75. The molecule has 0 amide bonds. The Morgan fingerprint density at radius 1 is 1.36 bits per heavy atom. The van der Waals surface area contributed by atoms with Gasteiger partial charge in [-0.2, -0.15) is 5.10 Å². The van der Waals surface area contributed by atoms with Crippen LogP contribution in [0.4, 0.5) is 11.6 Å². The van der Waals surface area contributed by atoms with Crippen molar-refractivity contribution in [2.75, 3.05) is 11.3 Å². The zero-order valence-corrected chi connectivity index (χ0v) is 13.2. The SMILES string of the molecule is CCc1nnc(NN=Cc2ccc([N+](=O)[O-])cc2)n1N.Cl.Cl. The van der Waals surface area contributed by atoms with Crippen molar-refractivity contribution in [3.05, 3.63) is 45.8 Å². The number of hydrogen-bond acceptors (Lipinski definition) is 7. The lowest BCUT2D eigenvalue weighted by Crippen LogP contribution is -2.14. The quantitative estimate of drug-likeness (QED) is 0.367. The summed E-state index contributed by atoms with van der Waals surface area (Å²) in [4.78, 5) is 10.1. The molecule has 0 bridgehead atoms. The average Bonchev–Trinajstić information content (AvgIpc) is 2.80. The fourth-order valence-corrected chi connectivity index (χ4v) is 1.49. The van der Waals surface area contributed by atoms with E-state index in [0.29, 0.717) is 23.8 Å². The van der Waals surface area contributed by atoms with Crippen LogP contribution in [0, 0.1) is 10.1 Å². The van der Waals surface area contributed by atoms with Crippen LogP contribution in [0.5, 0.6) is 0 Å². The second-order valence-electron chi connectivity index (χ2n) is 3.88. The van der Waals surface area contributed by atoms with E-state index >= 15 is 0 Å². The molecule has 120 valence electrons. The van der Waals surface area contributed by atoms with Gasteiger partial charge in [0.25, 0.3) is 11.6 Å². The minimum atomic E-state index is -0.456. The Hall–Kier alpha value is -2.39. The number of hydrazone groups is 1. The van der Waals surface area contributed by atoms with Gasteiger partial charge in [0.1, 0.15) is 0 Å². The molecular formula is C11H15Cl2N7O2. The highest BCUT2D eigenvalue weighted by Gasteiger charge is 2.06. The standard InChI is InChI=1S/C11H13N7O2.2ClH/c1-2-10-14-16-11(17(10)12)15-13-7-8-3-5-9(6-4-8)18(19)20;;/h3-7H,2,12H2,1H3,(H,15,16);2*1H. The van der Waals surface area contributed by atoms with Gasteiger partial charge < -0.3 is 5.84 Å². The van der Waals surface area contributed by atoms with Gasteiger partial charge in [-0.25, -0.2) is 10.1 Å². The van der Waals surface area contributed by atoms with Crippen molar-refractivity contribution in [1.29, 1.82) is 0 Å². The van der Waals surface area contributed by atoms with Crippen molar-refractivity contribution in [1.82, 2.24) is 14.9 Å². The number of anilines is 1. The number of non-ortho nitro benzene ring substituents is 1. The summed E-state index contributed by atoms with van der Waals surface area (Å²) in [5.41, 5.74) is 3.40. The number of nitrogens with one attached hydrogen (secondary N) is 1. The van der Waals surface area contributed by atoms with Crippen molar-refractivity contribution in [3.8, 4) is 0 Å². The van der Waals surface area contributed by atoms with E-state index in [0.717, 1.165) is 0 Å². The molecule has 0 spiro atoms. The zero-order chi connectivity index (χ0) is 14.5. The number of halogens is 2. The van der Waals surface area contributed by atoms with Crippen LogP contribution in [0.2, 0.25) is 0 Å². The topological polar surface area (TPSA) is 124 Å². The normalized spacial score (nSPS) is 9.86. The highest BCUT2D eigenvalue weighted by atomic mass is 35.5. The van der Waals surface area contributed by atoms with Gasteiger partial charge in [-0.15, -0.1) is 35.0 Å². The first-order valence-corrected chi connectivity index (χ1v) is 5.84. The molecule has 3 N–H and O–H groups in total. The predicted molar refractivity (Wildman–Crippen MR) is 88.4 cm³/mol. The van der Waals surface area contributed by atoms with Crippen LogP contribution < -0.4 is 11.3 Å². The summed E-state index contributed by atoms with van der Waals surface area (Å²) in [7, 11) is 0. The second kappa shape index (κ2) is 8.80. The maximum Gasteiger partial charge on any atom is 0.269 e. The first-order chi connectivity index (χ1) is 9.61. The zero-order valence-electron chi connectivity index (χ0n) is 11.5. The van der Waals surface area contributed by atoms with Crippen molar-refractivity contribution >= 4 is 42.7 Å². The number of rotatable bonds is 5. The monoisotopic (exact) mass is 347 g/mol. The molecule has 0 saturated carbocycles. The smallest absolute Gasteiger partial charge is 0.269 e. The largest absolute Gasteiger partial charge is 0.335 e. The van der Waals surface area contributed by atoms with E-state index in [2.05, 4.69) is 20.7 Å².